The van der Waals surface area contributed by atoms with Gasteiger partial charge in [0.05, 0.1) is 7.11 Å². The van der Waals surface area contributed by atoms with Crippen LogP contribution in [0.25, 0.3) is 17.2 Å². The molecule has 3 aromatic rings. The Morgan fingerprint density at radius 3 is 2.35 bits per heavy atom. The van der Waals surface area contributed by atoms with Gasteiger partial charge >= 0.3 is 5.97 Å². The van der Waals surface area contributed by atoms with Crippen molar-refractivity contribution in [3.8, 4) is 17.2 Å². The second kappa shape index (κ2) is 9.88. The maximum Gasteiger partial charge on any atom is 0.341 e. The van der Waals surface area contributed by atoms with Crippen molar-refractivity contribution in [2.45, 2.75) is 19.8 Å². The summed E-state index contributed by atoms with van der Waals surface area (Å²) in [7, 11) is 1.29. The Bertz CT molecular complexity index is 1150. The number of methoxy groups -OCH3 is 1. The summed E-state index contributed by atoms with van der Waals surface area (Å²) < 4.78 is 4.93. The van der Waals surface area contributed by atoms with Gasteiger partial charge in [-0.05, 0) is 28.7 Å². The third kappa shape index (κ3) is 5.08. The number of nitrogens with zero attached hydrogens (tertiary/aromatic N) is 1. The number of hydrogen-bond donors (Lipinski definition) is 1. The van der Waals surface area contributed by atoms with Gasteiger partial charge in [-0.2, -0.15) is 5.26 Å². The molecule has 0 saturated heterocycles. The highest BCUT2D eigenvalue weighted by Gasteiger charge is 2.23. The molecular formula is C25H22N2O3S. The Labute approximate surface area is 185 Å². The summed E-state index contributed by atoms with van der Waals surface area (Å²) in [6.07, 6.45) is 1.53. The van der Waals surface area contributed by atoms with Crippen LogP contribution in [0.1, 0.15) is 41.3 Å². The number of rotatable bonds is 6. The number of amides is 1. The van der Waals surface area contributed by atoms with Gasteiger partial charge in [0, 0.05) is 10.9 Å². The Kier molecular flexibility index (Phi) is 7.01. The minimum absolute atomic E-state index is 0.0530. The highest BCUT2D eigenvalue weighted by Crippen LogP contribution is 2.36. The molecule has 0 aliphatic carbocycles. The summed E-state index contributed by atoms with van der Waals surface area (Å²) in [4.78, 5) is 25.2. The van der Waals surface area contributed by atoms with Crippen molar-refractivity contribution in [1.29, 1.82) is 5.26 Å². The number of nitriles is 1. The van der Waals surface area contributed by atoms with Crippen LogP contribution in [0.4, 0.5) is 5.00 Å². The van der Waals surface area contributed by atoms with E-state index in [0.717, 1.165) is 11.1 Å². The van der Waals surface area contributed by atoms with Crippen molar-refractivity contribution in [3.63, 3.8) is 0 Å². The molecule has 1 N–H and O–H groups in total. The number of benzene rings is 2. The number of nitrogens with one attached hydrogen (secondary N) is 1. The third-order valence-corrected chi connectivity index (χ3v) is 5.67. The molecule has 0 spiro atoms. The number of esters is 1. The lowest BCUT2D eigenvalue weighted by Crippen LogP contribution is -2.15. The van der Waals surface area contributed by atoms with Gasteiger partial charge in [0.25, 0.3) is 5.91 Å². The largest absolute Gasteiger partial charge is 0.465 e. The molecule has 5 nitrogen and oxygen atoms in total. The van der Waals surface area contributed by atoms with Crippen LogP contribution in [0.5, 0.6) is 0 Å². The van der Waals surface area contributed by atoms with Crippen LogP contribution in [0.3, 0.4) is 0 Å². The zero-order chi connectivity index (χ0) is 22.4. The molecule has 0 unspecified atom stereocenters. The van der Waals surface area contributed by atoms with Gasteiger partial charge in [0.15, 0.2) is 0 Å². The molecule has 31 heavy (non-hydrogen) atoms. The molecule has 156 valence electrons. The van der Waals surface area contributed by atoms with E-state index in [2.05, 4.69) is 19.2 Å². The van der Waals surface area contributed by atoms with Crippen molar-refractivity contribution in [3.05, 3.63) is 82.2 Å². The summed E-state index contributed by atoms with van der Waals surface area (Å²) in [5, 5.41) is 14.4. The summed E-state index contributed by atoms with van der Waals surface area (Å²) in [6.45, 7) is 4.20. The van der Waals surface area contributed by atoms with Gasteiger partial charge in [-0.15, -0.1) is 11.3 Å². The average molecular weight is 431 g/mol. The Morgan fingerprint density at radius 1 is 1.10 bits per heavy atom. The van der Waals surface area contributed by atoms with Gasteiger partial charge in [0.2, 0.25) is 0 Å². The average Bonchev–Trinajstić information content (AvgIpc) is 3.21. The third-order valence-electron chi connectivity index (χ3n) is 4.77. The predicted octanol–water partition coefficient (Wildman–Crippen LogP) is 5.87. The molecule has 0 fully saturated rings. The standard InChI is InChI=1S/C25H22N2O3S/c1-16(2)18-11-9-17(10-12-18)13-20(14-26)23(28)27-24-22(25(29)30-3)21(15-31-24)19-7-5-4-6-8-19/h4-13,15-16H,1-3H3,(H,27,28). The van der Waals surface area contributed by atoms with E-state index >= 15 is 0 Å². The molecule has 0 aliphatic rings. The summed E-state index contributed by atoms with van der Waals surface area (Å²) in [5.41, 5.74) is 3.64. The fraction of sp³-hybridized carbons (Fsp3) is 0.160. The molecule has 3 rings (SSSR count). The second-order valence-corrected chi connectivity index (χ2v) is 8.04. The molecular weight excluding hydrogens is 408 g/mol. The monoisotopic (exact) mass is 430 g/mol. The number of anilines is 1. The maximum absolute atomic E-state index is 12.8. The highest BCUT2D eigenvalue weighted by atomic mass is 32.1. The van der Waals surface area contributed by atoms with Crippen LogP contribution in [-0.2, 0) is 9.53 Å². The van der Waals surface area contributed by atoms with E-state index in [1.807, 2.05) is 60.7 Å². The van der Waals surface area contributed by atoms with Crippen molar-refractivity contribution in [1.82, 2.24) is 0 Å². The highest BCUT2D eigenvalue weighted by molar-refractivity contribution is 7.15. The van der Waals surface area contributed by atoms with Crippen LogP contribution >= 0.6 is 11.3 Å². The molecule has 0 radical (unpaired) electrons. The Morgan fingerprint density at radius 2 is 1.77 bits per heavy atom. The molecule has 2 aromatic carbocycles. The summed E-state index contributed by atoms with van der Waals surface area (Å²) >= 11 is 1.21. The Balaban J connectivity index is 1.90. The first-order valence-corrected chi connectivity index (χ1v) is 10.6. The van der Waals surface area contributed by atoms with Crippen LogP contribution in [-0.4, -0.2) is 19.0 Å². The predicted molar refractivity (Wildman–Crippen MR) is 124 cm³/mol. The van der Waals surface area contributed by atoms with Crippen molar-refractivity contribution in [2.75, 3.05) is 12.4 Å². The minimum Gasteiger partial charge on any atom is -0.465 e. The normalized spacial score (nSPS) is 11.1. The van der Waals surface area contributed by atoms with E-state index in [1.165, 1.54) is 30.1 Å². The lowest BCUT2D eigenvalue weighted by molar-refractivity contribution is -0.112. The summed E-state index contributed by atoms with van der Waals surface area (Å²) in [5.74, 6) is -0.740. The second-order valence-electron chi connectivity index (χ2n) is 7.16. The number of carbonyl (C=O) groups excluding carboxylic acids is 2. The van der Waals surface area contributed by atoms with Crippen molar-refractivity contribution in [2.24, 2.45) is 0 Å². The first kappa shape index (κ1) is 22.0. The molecule has 1 heterocycles. The smallest absolute Gasteiger partial charge is 0.341 e. The molecule has 6 heteroatoms. The SMILES string of the molecule is COC(=O)c1c(-c2ccccc2)csc1NC(=O)C(C#N)=Cc1ccc(C(C)C)cc1. The van der Waals surface area contributed by atoms with Gasteiger partial charge in [-0.25, -0.2) is 4.79 Å². The minimum atomic E-state index is -0.581. The van der Waals surface area contributed by atoms with E-state index < -0.39 is 11.9 Å². The van der Waals surface area contributed by atoms with Gasteiger partial charge in [-0.3, -0.25) is 4.79 Å². The number of thiophene rings is 1. The molecule has 0 atom stereocenters. The van der Waals surface area contributed by atoms with E-state index in [4.69, 9.17) is 4.74 Å². The first-order valence-electron chi connectivity index (χ1n) is 9.73. The van der Waals surface area contributed by atoms with Crippen LogP contribution in [0.2, 0.25) is 0 Å². The molecule has 1 amide bonds. The van der Waals surface area contributed by atoms with Crippen LogP contribution in [0, 0.1) is 11.3 Å². The maximum atomic E-state index is 12.8. The van der Waals surface area contributed by atoms with E-state index in [1.54, 1.807) is 5.38 Å². The topological polar surface area (TPSA) is 79.2 Å². The van der Waals surface area contributed by atoms with Gasteiger partial charge < -0.3 is 10.1 Å². The van der Waals surface area contributed by atoms with E-state index in [-0.39, 0.29) is 11.1 Å². The van der Waals surface area contributed by atoms with Gasteiger partial charge in [0.1, 0.15) is 22.2 Å². The molecule has 0 bridgehead atoms. The molecule has 1 aromatic heterocycles. The van der Waals surface area contributed by atoms with Crippen molar-refractivity contribution < 1.29 is 14.3 Å². The van der Waals surface area contributed by atoms with Crippen LogP contribution in [0.15, 0.2) is 65.6 Å². The van der Waals surface area contributed by atoms with E-state index in [0.29, 0.717) is 16.5 Å². The fourth-order valence-corrected chi connectivity index (χ4v) is 4.00. The first-order chi connectivity index (χ1) is 14.9. The number of carbonyl (C=O) groups is 2. The number of ether oxygens (including phenoxy) is 1. The molecule has 0 aliphatic heterocycles. The quantitative estimate of drug-likeness (QED) is 0.301. The zero-order valence-corrected chi connectivity index (χ0v) is 18.3. The summed E-state index contributed by atoms with van der Waals surface area (Å²) in [6, 6.07) is 19.0. The fourth-order valence-electron chi connectivity index (χ4n) is 3.05. The van der Waals surface area contributed by atoms with E-state index in [9.17, 15) is 14.9 Å². The molecule has 0 saturated carbocycles. The number of hydrogen-bond acceptors (Lipinski definition) is 5. The van der Waals surface area contributed by atoms with Crippen molar-refractivity contribution >= 4 is 34.3 Å². The van der Waals surface area contributed by atoms with Crippen LogP contribution < -0.4 is 5.32 Å². The Hall–Kier alpha value is -3.69. The lowest BCUT2D eigenvalue weighted by atomic mass is 10.0. The zero-order valence-electron chi connectivity index (χ0n) is 17.5. The van der Waals surface area contributed by atoms with Gasteiger partial charge in [-0.1, -0.05) is 68.4 Å². The lowest BCUT2D eigenvalue weighted by Gasteiger charge is -2.08.